The van der Waals surface area contributed by atoms with Crippen LogP contribution in [0.5, 0.6) is 0 Å². The Kier molecular flexibility index (Phi) is 7.26. The standard InChI is InChI=1S/C19H26.V/c1-7-8-16(6)9-10-17-11-12-18(14(2)3)19(13-17)15(4)5;/h6-8,11-15H,1,9-10H2,2-5H3;. The van der Waals surface area contributed by atoms with Gasteiger partial charge in [-0.15, -0.1) is 0 Å². The van der Waals surface area contributed by atoms with Gasteiger partial charge in [0, 0.05) is 0 Å². The summed E-state index contributed by atoms with van der Waals surface area (Å²) in [5.41, 5.74) is 5.76. The number of hydrogen-bond acceptors (Lipinski definition) is 0. The van der Waals surface area contributed by atoms with E-state index in [1.807, 2.05) is 6.08 Å². The summed E-state index contributed by atoms with van der Waals surface area (Å²) < 4.78 is 2.11. The molecule has 0 aliphatic heterocycles. The van der Waals surface area contributed by atoms with Crippen LogP contribution in [0.1, 0.15) is 62.6 Å². The van der Waals surface area contributed by atoms with E-state index in [2.05, 4.69) is 80.3 Å². The molecule has 1 rings (SSSR count). The molecule has 0 aliphatic rings. The predicted molar refractivity (Wildman–Crippen MR) is 87.3 cm³/mol. The van der Waals surface area contributed by atoms with E-state index in [0.717, 1.165) is 12.8 Å². The first kappa shape index (κ1) is 17.2. The molecule has 1 aromatic rings. The van der Waals surface area contributed by atoms with Crippen molar-refractivity contribution in [3.63, 3.8) is 0 Å². The van der Waals surface area contributed by atoms with Crippen LogP contribution in [0.15, 0.2) is 42.5 Å². The van der Waals surface area contributed by atoms with Gasteiger partial charge in [-0.05, 0) is 0 Å². The average molecular weight is 305 g/mol. The Balaban J connectivity index is 2.92. The summed E-state index contributed by atoms with van der Waals surface area (Å²) >= 11 is 2.54. The molecule has 0 saturated carbocycles. The molecule has 0 amide bonds. The Hall–Kier alpha value is -0.846. The Morgan fingerprint density at radius 1 is 1.15 bits per heavy atom. The minimum atomic E-state index is 0.588. The van der Waals surface area contributed by atoms with Gasteiger partial charge >= 0.3 is 133 Å². The van der Waals surface area contributed by atoms with Gasteiger partial charge in [-0.3, -0.25) is 0 Å². The molecule has 0 aliphatic carbocycles. The first-order chi connectivity index (χ1) is 9.49. The molecule has 0 fully saturated rings. The van der Waals surface area contributed by atoms with Crippen LogP contribution in [-0.4, -0.2) is 4.73 Å². The van der Waals surface area contributed by atoms with E-state index in [1.54, 1.807) is 0 Å². The normalized spacial score (nSPS) is 11.9. The van der Waals surface area contributed by atoms with Crippen LogP contribution in [0.4, 0.5) is 0 Å². The predicted octanol–water partition coefficient (Wildman–Crippen LogP) is 5.33. The second-order valence-corrected chi connectivity index (χ2v) is 6.28. The molecule has 0 saturated heterocycles. The van der Waals surface area contributed by atoms with Crippen LogP contribution < -0.4 is 0 Å². The van der Waals surface area contributed by atoms with Crippen molar-refractivity contribution in [2.75, 3.05) is 0 Å². The van der Waals surface area contributed by atoms with Crippen molar-refractivity contribution in [1.82, 2.24) is 0 Å². The van der Waals surface area contributed by atoms with Gasteiger partial charge < -0.3 is 0 Å². The van der Waals surface area contributed by atoms with Crippen molar-refractivity contribution in [3.05, 3.63) is 59.2 Å². The number of aryl methyl sites for hydroxylation is 1. The van der Waals surface area contributed by atoms with Gasteiger partial charge in [0.25, 0.3) is 0 Å². The molecule has 0 heterocycles. The van der Waals surface area contributed by atoms with E-state index in [1.165, 1.54) is 22.3 Å². The monoisotopic (exact) mass is 305 g/mol. The van der Waals surface area contributed by atoms with Crippen molar-refractivity contribution in [1.29, 1.82) is 0 Å². The average Bonchev–Trinajstić information content (AvgIpc) is 2.42. The van der Waals surface area contributed by atoms with Crippen molar-refractivity contribution in [3.8, 4) is 0 Å². The van der Waals surface area contributed by atoms with Crippen molar-refractivity contribution in [2.24, 2.45) is 0 Å². The minimum absolute atomic E-state index is 0.588. The van der Waals surface area contributed by atoms with Crippen LogP contribution in [-0.2, 0) is 23.4 Å². The van der Waals surface area contributed by atoms with Gasteiger partial charge in [-0.1, -0.05) is 0 Å². The van der Waals surface area contributed by atoms with Crippen molar-refractivity contribution < 1.29 is 17.0 Å². The van der Waals surface area contributed by atoms with E-state index in [4.69, 9.17) is 0 Å². The molecule has 0 spiro atoms. The molecule has 0 atom stereocenters. The summed E-state index contributed by atoms with van der Waals surface area (Å²) in [6.45, 7) is 12.9. The maximum absolute atomic E-state index is 3.77. The number of hydrogen-bond donors (Lipinski definition) is 0. The van der Waals surface area contributed by atoms with E-state index < -0.39 is 0 Å². The number of rotatable bonds is 7. The third-order valence-electron chi connectivity index (χ3n) is 3.60. The molecule has 0 aromatic heterocycles. The summed E-state index contributed by atoms with van der Waals surface area (Å²) in [5.74, 6) is 1.18. The Morgan fingerprint density at radius 2 is 1.80 bits per heavy atom. The fourth-order valence-electron chi connectivity index (χ4n) is 2.44. The Labute approximate surface area is 133 Å². The second-order valence-electron chi connectivity index (χ2n) is 5.88. The molecule has 0 nitrogen and oxygen atoms in total. The summed E-state index contributed by atoms with van der Waals surface area (Å²) in [7, 11) is 0. The molecule has 107 valence electrons. The van der Waals surface area contributed by atoms with Crippen LogP contribution in [0.3, 0.4) is 0 Å². The van der Waals surface area contributed by atoms with E-state index >= 15 is 0 Å². The van der Waals surface area contributed by atoms with Crippen LogP contribution in [0.2, 0.25) is 0 Å². The molecule has 0 unspecified atom stereocenters. The van der Waals surface area contributed by atoms with Gasteiger partial charge in [0.05, 0.1) is 0 Å². The molecule has 20 heavy (non-hydrogen) atoms. The SMILES string of the molecule is C=CC=C([CH]=[V])CCc1ccc(C(C)C)c(C(C)C)c1. The van der Waals surface area contributed by atoms with E-state index in [-0.39, 0.29) is 0 Å². The zero-order valence-corrected chi connectivity index (χ0v) is 14.6. The first-order valence-corrected chi connectivity index (χ1v) is 8.22. The first-order valence-electron chi connectivity index (χ1n) is 7.41. The number of benzene rings is 1. The van der Waals surface area contributed by atoms with E-state index in [0.29, 0.717) is 11.8 Å². The molecule has 0 bridgehead atoms. The van der Waals surface area contributed by atoms with Crippen LogP contribution >= 0.6 is 0 Å². The Morgan fingerprint density at radius 3 is 2.30 bits per heavy atom. The third kappa shape index (κ3) is 4.92. The summed E-state index contributed by atoms with van der Waals surface area (Å²) in [6.07, 6.45) is 6.11. The molecule has 1 aromatic carbocycles. The van der Waals surface area contributed by atoms with Crippen molar-refractivity contribution >= 4 is 4.73 Å². The van der Waals surface area contributed by atoms with Crippen LogP contribution in [0, 0.1) is 0 Å². The Bertz CT molecular complexity index is 492. The molecule has 1 heteroatoms. The quantitative estimate of drug-likeness (QED) is 0.597. The molecule has 0 N–H and O–H groups in total. The fourth-order valence-corrected chi connectivity index (χ4v) is 2.77. The fraction of sp³-hybridized carbons (Fsp3) is 0.421. The second kappa shape index (κ2) is 8.44. The summed E-state index contributed by atoms with van der Waals surface area (Å²) in [6, 6.07) is 7.01. The third-order valence-corrected chi connectivity index (χ3v) is 4.11. The van der Waals surface area contributed by atoms with Crippen LogP contribution in [0.25, 0.3) is 0 Å². The topological polar surface area (TPSA) is 0 Å². The zero-order chi connectivity index (χ0) is 15.1. The zero-order valence-electron chi connectivity index (χ0n) is 13.2. The molecular formula is C19H26V. The van der Waals surface area contributed by atoms with Gasteiger partial charge in [0.2, 0.25) is 0 Å². The summed E-state index contributed by atoms with van der Waals surface area (Å²) in [5, 5.41) is 0. The van der Waals surface area contributed by atoms with E-state index in [9.17, 15) is 0 Å². The van der Waals surface area contributed by atoms with Crippen molar-refractivity contribution in [2.45, 2.75) is 52.4 Å². The van der Waals surface area contributed by atoms with Gasteiger partial charge in [-0.25, -0.2) is 0 Å². The summed E-state index contributed by atoms with van der Waals surface area (Å²) in [4.78, 5) is 0. The van der Waals surface area contributed by atoms with Gasteiger partial charge in [0.15, 0.2) is 0 Å². The van der Waals surface area contributed by atoms with Gasteiger partial charge in [-0.2, -0.15) is 0 Å². The molecule has 0 radical (unpaired) electrons. The molecular weight excluding hydrogens is 279 g/mol. The number of allylic oxidation sites excluding steroid dienone is 3. The van der Waals surface area contributed by atoms with Gasteiger partial charge in [0.1, 0.15) is 0 Å². The maximum atomic E-state index is 3.77.